The summed E-state index contributed by atoms with van der Waals surface area (Å²) < 4.78 is 33.2. The fraction of sp³-hybridized carbons (Fsp3) is 0.409. The predicted molar refractivity (Wildman–Crippen MR) is 118 cm³/mol. The van der Waals surface area contributed by atoms with E-state index in [1.807, 2.05) is 27.0 Å². The van der Waals surface area contributed by atoms with Gasteiger partial charge in [0.15, 0.2) is 0 Å². The molecule has 0 radical (unpaired) electrons. The molecule has 1 N–H and O–H groups in total. The van der Waals surface area contributed by atoms with E-state index in [1.54, 1.807) is 37.3 Å². The van der Waals surface area contributed by atoms with Gasteiger partial charge in [0.05, 0.1) is 11.0 Å². The highest BCUT2D eigenvalue weighted by Gasteiger charge is 2.28. The number of nitrogens with zero attached hydrogens (tertiary/aromatic N) is 2. The van der Waals surface area contributed by atoms with Crippen molar-refractivity contribution >= 4 is 21.6 Å². The van der Waals surface area contributed by atoms with Crippen LogP contribution in [0.5, 0.6) is 5.75 Å². The summed E-state index contributed by atoms with van der Waals surface area (Å²) >= 11 is 0. The summed E-state index contributed by atoms with van der Waals surface area (Å²) in [7, 11) is -1.67. The Hall–Kier alpha value is -2.42. The number of anilines is 1. The van der Waals surface area contributed by atoms with Crippen LogP contribution < -0.4 is 10.1 Å². The first-order valence-electron chi connectivity index (χ1n) is 10.0. The molecule has 0 atom stereocenters. The van der Waals surface area contributed by atoms with Gasteiger partial charge < -0.3 is 15.0 Å². The number of piperazine rings is 1. The first-order chi connectivity index (χ1) is 14.2. The van der Waals surface area contributed by atoms with Gasteiger partial charge in [-0.1, -0.05) is 12.1 Å². The molecule has 0 spiro atoms. The Morgan fingerprint density at radius 2 is 1.77 bits per heavy atom. The largest absolute Gasteiger partial charge is 0.491 e. The lowest BCUT2D eigenvalue weighted by molar-refractivity contribution is 0.102. The van der Waals surface area contributed by atoms with Crippen LogP contribution in [0.4, 0.5) is 5.69 Å². The summed E-state index contributed by atoms with van der Waals surface area (Å²) in [6.45, 7) is 7.91. The number of carbonyl (C=O) groups excluding carboxylic acids is 1. The summed E-state index contributed by atoms with van der Waals surface area (Å²) in [6.07, 6.45) is 0.0228. The first-order valence-corrected chi connectivity index (χ1v) is 11.5. The van der Waals surface area contributed by atoms with E-state index in [2.05, 4.69) is 10.2 Å². The smallest absolute Gasteiger partial charge is 0.255 e. The van der Waals surface area contributed by atoms with Crippen molar-refractivity contribution in [2.45, 2.75) is 31.8 Å². The quantitative estimate of drug-likeness (QED) is 0.761. The summed E-state index contributed by atoms with van der Waals surface area (Å²) in [5, 5.41) is 2.84. The Bertz CT molecular complexity index is 1010. The van der Waals surface area contributed by atoms with Gasteiger partial charge in [-0.25, -0.2) is 8.42 Å². The standard InChI is InChI=1S/C22H29N3O4S/c1-16(2)29-19-7-5-6-18(14-19)23-22(26)21-15-20(9-8-17(21)3)30(27,28)25-12-10-24(4)11-13-25/h5-9,14-16H,10-13H2,1-4H3,(H,23,26). The molecule has 30 heavy (non-hydrogen) atoms. The normalized spacial score (nSPS) is 15.9. The minimum absolute atomic E-state index is 0.0228. The Morgan fingerprint density at radius 3 is 2.43 bits per heavy atom. The molecule has 3 rings (SSSR count). The minimum atomic E-state index is -3.64. The Labute approximate surface area is 178 Å². The second-order valence-corrected chi connectivity index (χ2v) is 9.77. The van der Waals surface area contributed by atoms with Gasteiger partial charge in [-0.15, -0.1) is 0 Å². The summed E-state index contributed by atoms with van der Waals surface area (Å²) in [4.78, 5) is 15.1. The average Bonchev–Trinajstić information content (AvgIpc) is 2.68. The summed E-state index contributed by atoms with van der Waals surface area (Å²) in [5.74, 6) is 0.301. The molecule has 162 valence electrons. The van der Waals surface area contributed by atoms with Crippen LogP contribution in [0, 0.1) is 6.92 Å². The van der Waals surface area contributed by atoms with Gasteiger partial charge in [-0.05, 0) is 57.6 Å². The third kappa shape index (κ3) is 5.19. The molecular weight excluding hydrogens is 402 g/mol. The van der Waals surface area contributed by atoms with Crippen molar-refractivity contribution in [3.8, 4) is 5.75 Å². The van der Waals surface area contributed by atoms with E-state index in [4.69, 9.17) is 4.74 Å². The van der Waals surface area contributed by atoms with Crippen LogP contribution in [0.2, 0.25) is 0 Å². The van der Waals surface area contributed by atoms with Crippen molar-refractivity contribution in [1.82, 2.24) is 9.21 Å². The fourth-order valence-corrected chi connectivity index (χ4v) is 4.75. The van der Waals surface area contributed by atoms with Crippen LogP contribution in [0.25, 0.3) is 0 Å². The monoisotopic (exact) mass is 431 g/mol. The summed E-state index contributed by atoms with van der Waals surface area (Å²) in [6, 6.07) is 11.8. The number of carbonyl (C=O) groups is 1. The Morgan fingerprint density at radius 1 is 1.07 bits per heavy atom. The van der Waals surface area contributed by atoms with Gasteiger partial charge >= 0.3 is 0 Å². The molecule has 0 bridgehead atoms. The molecule has 2 aromatic carbocycles. The van der Waals surface area contributed by atoms with Crippen LogP contribution in [-0.4, -0.2) is 62.9 Å². The Balaban J connectivity index is 1.82. The number of aryl methyl sites for hydroxylation is 1. The maximum atomic E-state index is 13.0. The maximum absolute atomic E-state index is 13.0. The second kappa shape index (κ2) is 9.16. The summed E-state index contributed by atoms with van der Waals surface area (Å²) in [5.41, 5.74) is 1.63. The minimum Gasteiger partial charge on any atom is -0.491 e. The number of rotatable bonds is 6. The highest BCUT2D eigenvalue weighted by Crippen LogP contribution is 2.23. The molecule has 2 aromatic rings. The molecule has 1 fully saturated rings. The molecule has 8 heteroatoms. The SMILES string of the molecule is Cc1ccc(S(=O)(=O)N2CCN(C)CC2)cc1C(=O)Nc1cccc(OC(C)C)c1. The molecule has 1 amide bonds. The lowest BCUT2D eigenvalue weighted by Gasteiger charge is -2.31. The molecule has 1 heterocycles. The Kier molecular flexibility index (Phi) is 6.80. The van der Waals surface area contributed by atoms with E-state index in [0.29, 0.717) is 48.7 Å². The van der Waals surface area contributed by atoms with Gasteiger partial charge in [-0.2, -0.15) is 4.31 Å². The van der Waals surface area contributed by atoms with E-state index < -0.39 is 10.0 Å². The maximum Gasteiger partial charge on any atom is 0.255 e. The van der Waals surface area contributed by atoms with Crippen molar-refractivity contribution in [2.75, 3.05) is 38.5 Å². The zero-order chi connectivity index (χ0) is 21.9. The second-order valence-electron chi connectivity index (χ2n) is 7.83. The molecule has 0 saturated carbocycles. The molecule has 0 aliphatic carbocycles. The van der Waals surface area contributed by atoms with Crippen molar-refractivity contribution in [3.63, 3.8) is 0 Å². The highest BCUT2D eigenvalue weighted by atomic mass is 32.2. The van der Waals surface area contributed by atoms with Crippen molar-refractivity contribution in [3.05, 3.63) is 53.6 Å². The molecule has 0 aromatic heterocycles. The van der Waals surface area contributed by atoms with Crippen molar-refractivity contribution < 1.29 is 17.9 Å². The average molecular weight is 432 g/mol. The predicted octanol–water partition coefficient (Wildman–Crippen LogP) is 2.97. The van der Waals surface area contributed by atoms with E-state index in [9.17, 15) is 13.2 Å². The van der Waals surface area contributed by atoms with E-state index >= 15 is 0 Å². The molecule has 0 unspecified atom stereocenters. The number of sulfonamides is 1. The zero-order valence-electron chi connectivity index (χ0n) is 17.9. The molecule has 1 aliphatic rings. The van der Waals surface area contributed by atoms with E-state index in [1.165, 1.54) is 10.4 Å². The van der Waals surface area contributed by atoms with Gasteiger partial charge in [0.2, 0.25) is 10.0 Å². The number of likely N-dealkylation sites (N-methyl/N-ethyl adjacent to an activating group) is 1. The molecule has 1 saturated heterocycles. The lowest BCUT2D eigenvalue weighted by Crippen LogP contribution is -2.47. The van der Waals surface area contributed by atoms with Gasteiger partial charge in [-0.3, -0.25) is 4.79 Å². The van der Waals surface area contributed by atoms with Crippen LogP contribution in [0.15, 0.2) is 47.4 Å². The van der Waals surface area contributed by atoms with Crippen molar-refractivity contribution in [1.29, 1.82) is 0 Å². The number of hydrogen-bond acceptors (Lipinski definition) is 5. The van der Waals surface area contributed by atoms with Gasteiger partial charge in [0.25, 0.3) is 5.91 Å². The van der Waals surface area contributed by atoms with Gasteiger partial charge in [0, 0.05) is 43.5 Å². The number of amides is 1. The van der Waals surface area contributed by atoms with Crippen molar-refractivity contribution in [2.24, 2.45) is 0 Å². The molecule has 1 aliphatic heterocycles. The van der Waals surface area contributed by atoms with Crippen LogP contribution >= 0.6 is 0 Å². The first kappa shape index (κ1) is 22.3. The fourth-order valence-electron chi connectivity index (χ4n) is 3.30. The number of ether oxygens (including phenoxy) is 1. The third-order valence-electron chi connectivity index (χ3n) is 5.02. The number of benzene rings is 2. The van der Waals surface area contributed by atoms with Crippen LogP contribution in [0.1, 0.15) is 29.8 Å². The number of nitrogens with one attached hydrogen (secondary N) is 1. The topological polar surface area (TPSA) is 79.0 Å². The van der Waals surface area contributed by atoms with E-state index in [-0.39, 0.29) is 16.9 Å². The molecule has 7 nitrogen and oxygen atoms in total. The molecular formula is C22H29N3O4S. The zero-order valence-corrected chi connectivity index (χ0v) is 18.7. The number of hydrogen-bond donors (Lipinski definition) is 1. The van der Waals surface area contributed by atoms with Crippen LogP contribution in [-0.2, 0) is 10.0 Å². The lowest BCUT2D eigenvalue weighted by atomic mass is 10.1. The highest BCUT2D eigenvalue weighted by molar-refractivity contribution is 7.89. The third-order valence-corrected chi connectivity index (χ3v) is 6.91. The van der Waals surface area contributed by atoms with E-state index in [0.717, 1.165) is 0 Å². The van der Waals surface area contributed by atoms with Gasteiger partial charge in [0.1, 0.15) is 5.75 Å². The van der Waals surface area contributed by atoms with Crippen LogP contribution in [0.3, 0.4) is 0 Å².